The fourth-order valence-electron chi connectivity index (χ4n) is 6.25. The van der Waals surface area contributed by atoms with Gasteiger partial charge in [-0.15, -0.1) is 0 Å². The van der Waals surface area contributed by atoms with Gasteiger partial charge in [0, 0.05) is 27.8 Å². The Hall–Kier alpha value is -5.48. The van der Waals surface area contributed by atoms with E-state index in [0.29, 0.717) is 5.56 Å². The van der Waals surface area contributed by atoms with Gasteiger partial charge in [0.15, 0.2) is 0 Å². The minimum absolute atomic E-state index is 0.295. The Morgan fingerprint density at radius 3 is 1.49 bits per heavy atom. The second-order valence-corrected chi connectivity index (χ2v) is 10.8. The maximum atomic E-state index is 14.0. The van der Waals surface area contributed by atoms with Crippen LogP contribution in [0.5, 0.6) is 0 Å². The number of hydrogen-bond acceptors (Lipinski definition) is 1. The van der Waals surface area contributed by atoms with Crippen LogP contribution in [0.1, 0.15) is 0 Å². The Morgan fingerprint density at radius 2 is 0.860 bits per heavy atom. The molecule has 0 fully saturated rings. The minimum Gasteiger partial charge on any atom is -0.247 e. The molecule has 1 nitrogen and oxygen atoms in total. The van der Waals surface area contributed by atoms with E-state index in [1.54, 1.807) is 12.1 Å². The molecule has 0 unspecified atom stereocenters. The molecule has 8 aromatic rings. The van der Waals surface area contributed by atoms with Gasteiger partial charge < -0.3 is 0 Å². The first-order valence-electron chi connectivity index (χ1n) is 14.0. The standard InChI is InChI=1S/C39H22F3N/c40-28-16-13-25(14-17-28)39-38-34-8-4-2-6-32(34)31-5-1-3-7-33(31)37(38)35-18-15-26(21-36(35)43-39)23-9-11-24(12-10-23)27-19-29(41)22-30(42)20-27/h1-22H. The van der Waals surface area contributed by atoms with Crippen LogP contribution in [0, 0.1) is 17.5 Å². The minimum atomic E-state index is -0.607. The van der Waals surface area contributed by atoms with Crippen LogP contribution in [0.15, 0.2) is 133 Å². The average Bonchev–Trinajstić information content (AvgIpc) is 3.04. The number of nitrogens with zero attached hydrogens (tertiary/aromatic N) is 1. The fourth-order valence-corrected chi connectivity index (χ4v) is 6.25. The number of hydrogen-bond donors (Lipinski definition) is 0. The fraction of sp³-hybridized carbons (Fsp3) is 0. The monoisotopic (exact) mass is 561 g/mol. The van der Waals surface area contributed by atoms with Gasteiger partial charge in [0.25, 0.3) is 0 Å². The molecule has 4 heteroatoms. The van der Waals surface area contributed by atoms with Crippen molar-refractivity contribution in [3.05, 3.63) is 151 Å². The van der Waals surface area contributed by atoms with Crippen molar-refractivity contribution in [2.24, 2.45) is 0 Å². The zero-order chi connectivity index (χ0) is 29.1. The highest BCUT2D eigenvalue weighted by Crippen LogP contribution is 2.43. The molecule has 0 saturated carbocycles. The number of rotatable bonds is 3. The van der Waals surface area contributed by atoms with Crippen molar-refractivity contribution in [2.75, 3.05) is 0 Å². The molecule has 0 aliphatic rings. The van der Waals surface area contributed by atoms with E-state index >= 15 is 0 Å². The van der Waals surface area contributed by atoms with Gasteiger partial charge in [0.1, 0.15) is 17.5 Å². The first-order valence-corrected chi connectivity index (χ1v) is 14.0. The first-order chi connectivity index (χ1) is 21.0. The molecule has 0 aliphatic carbocycles. The van der Waals surface area contributed by atoms with Crippen LogP contribution < -0.4 is 0 Å². The molecule has 0 bridgehead atoms. The van der Waals surface area contributed by atoms with Crippen LogP contribution in [0.3, 0.4) is 0 Å². The predicted octanol–water partition coefficient (Wildman–Crippen LogP) is 11.1. The molecule has 0 aliphatic heterocycles. The molecule has 1 heterocycles. The maximum absolute atomic E-state index is 14.0. The molecular formula is C39H22F3N. The maximum Gasteiger partial charge on any atom is 0.126 e. The lowest BCUT2D eigenvalue weighted by Gasteiger charge is -2.17. The lowest BCUT2D eigenvalue weighted by Crippen LogP contribution is -1.94. The molecule has 8 rings (SSSR count). The van der Waals surface area contributed by atoms with E-state index in [1.807, 2.05) is 30.3 Å². The van der Waals surface area contributed by atoms with Gasteiger partial charge in [-0.3, -0.25) is 0 Å². The van der Waals surface area contributed by atoms with Crippen LogP contribution in [0.2, 0.25) is 0 Å². The summed E-state index contributed by atoms with van der Waals surface area (Å²) >= 11 is 0. The quantitative estimate of drug-likeness (QED) is 0.196. The summed E-state index contributed by atoms with van der Waals surface area (Å²) in [5.41, 5.74) is 5.59. The molecule has 0 saturated heterocycles. The first kappa shape index (κ1) is 25.2. The van der Waals surface area contributed by atoms with Gasteiger partial charge in [-0.2, -0.15) is 0 Å². The zero-order valence-electron chi connectivity index (χ0n) is 22.8. The number of benzene rings is 7. The van der Waals surface area contributed by atoms with E-state index in [-0.39, 0.29) is 5.82 Å². The van der Waals surface area contributed by atoms with Crippen molar-refractivity contribution >= 4 is 43.2 Å². The third-order valence-electron chi connectivity index (χ3n) is 8.20. The van der Waals surface area contributed by atoms with Gasteiger partial charge in [-0.1, -0.05) is 84.9 Å². The summed E-state index contributed by atoms with van der Waals surface area (Å²) in [6.45, 7) is 0. The van der Waals surface area contributed by atoms with E-state index in [1.165, 1.54) is 24.3 Å². The van der Waals surface area contributed by atoms with Crippen molar-refractivity contribution in [3.63, 3.8) is 0 Å². The van der Waals surface area contributed by atoms with Crippen LogP contribution in [-0.2, 0) is 0 Å². The van der Waals surface area contributed by atoms with Crippen LogP contribution in [0.4, 0.5) is 13.2 Å². The van der Waals surface area contributed by atoms with E-state index in [9.17, 15) is 13.2 Å². The van der Waals surface area contributed by atoms with Crippen LogP contribution >= 0.6 is 0 Å². The summed E-state index contributed by atoms with van der Waals surface area (Å²) in [6, 6.07) is 40.7. The molecule has 0 spiro atoms. The van der Waals surface area contributed by atoms with Gasteiger partial charge in [-0.25, -0.2) is 18.2 Å². The number of halogens is 3. The summed E-state index contributed by atoms with van der Waals surface area (Å²) in [7, 11) is 0. The Kier molecular flexibility index (Phi) is 5.76. The van der Waals surface area contributed by atoms with Crippen LogP contribution in [0.25, 0.3) is 76.7 Å². The SMILES string of the molecule is Fc1ccc(-c2nc3cc(-c4ccc(-c5cc(F)cc(F)c5)cc4)ccc3c3c4ccccc4c4ccccc4c23)cc1. The molecule has 0 atom stereocenters. The van der Waals surface area contributed by atoms with E-state index < -0.39 is 11.6 Å². The summed E-state index contributed by atoms with van der Waals surface area (Å²) in [5.74, 6) is -1.51. The number of aromatic nitrogens is 1. The molecule has 0 N–H and O–H groups in total. The highest BCUT2D eigenvalue weighted by molar-refractivity contribution is 6.33. The Balaban J connectivity index is 1.39. The molecule has 0 amide bonds. The number of pyridine rings is 1. The van der Waals surface area contributed by atoms with E-state index in [2.05, 4.69) is 60.7 Å². The summed E-state index contributed by atoms with van der Waals surface area (Å²) in [6.07, 6.45) is 0. The van der Waals surface area contributed by atoms with Crippen molar-refractivity contribution in [1.82, 2.24) is 4.98 Å². The summed E-state index contributed by atoms with van der Waals surface area (Å²) in [4.78, 5) is 5.23. The van der Waals surface area contributed by atoms with Gasteiger partial charge in [-0.05, 0) is 86.3 Å². The van der Waals surface area contributed by atoms with E-state index in [4.69, 9.17) is 4.98 Å². The van der Waals surface area contributed by atoms with Crippen molar-refractivity contribution in [2.45, 2.75) is 0 Å². The number of fused-ring (bicyclic) bond motifs is 8. The molecule has 7 aromatic carbocycles. The highest BCUT2D eigenvalue weighted by Gasteiger charge is 2.18. The molecule has 0 radical (unpaired) electrons. The predicted molar refractivity (Wildman–Crippen MR) is 170 cm³/mol. The van der Waals surface area contributed by atoms with Gasteiger partial charge >= 0.3 is 0 Å². The zero-order valence-corrected chi connectivity index (χ0v) is 22.8. The molecule has 204 valence electrons. The lowest BCUT2D eigenvalue weighted by atomic mass is 9.89. The second-order valence-electron chi connectivity index (χ2n) is 10.8. The third-order valence-corrected chi connectivity index (χ3v) is 8.20. The largest absolute Gasteiger partial charge is 0.247 e. The third kappa shape index (κ3) is 4.22. The Bertz CT molecular complexity index is 2340. The lowest BCUT2D eigenvalue weighted by molar-refractivity contribution is 0.584. The summed E-state index contributed by atoms with van der Waals surface area (Å²) in [5, 5.41) is 7.70. The van der Waals surface area contributed by atoms with Crippen molar-refractivity contribution in [3.8, 4) is 33.5 Å². The molecular weight excluding hydrogens is 539 g/mol. The van der Waals surface area contributed by atoms with Gasteiger partial charge in [0.2, 0.25) is 0 Å². The topological polar surface area (TPSA) is 12.9 Å². The average molecular weight is 562 g/mol. The second kappa shape index (κ2) is 9.81. The summed E-state index contributed by atoms with van der Waals surface area (Å²) < 4.78 is 41.6. The van der Waals surface area contributed by atoms with Crippen molar-refractivity contribution < 1.29 is 13.2 Å². The normalized spacial score (nSPS) is 11.6. The van der Waals surface area contributed by atoms with Crippen LogP contribution in [-0.4, -0.2) is 4.98 Å². The smallest absolute Gasteiger partial charge is 0.126 e. The molecule has 43 heavy (non-hydrogen) atoms. The van der Waals surface area contributed by atoms with Gasteiger partial charge in [0.05, 0.1) is 11.2 Å². The Morgan fingerprint density at radius 1 is 0.349 bits per heavy atom. The molecule has 1 aromatic heterocycles. The highest BCUT2D eigenvalue weighted by atomic mass is 19.1. The Labute approximate surface area is 245 Å². The van der Waals surface area contributed by atoms with Crippen molar-refractivity contribution in [1.29, 1.82) is 0 Å². The van der Waals surface area contributed by atoms with E-state index in [0.717, 1.165) is 77.2 Å².